The first-order valence-corrected chi connectivity index (χ1v) is 12.5. The van der Waals surface area contributed by atoms with E-state index in [1.165, 1.54) is 29.8 Å². The smallest absolute Gasteiger partial charge is 0.459 e. The van der Waals surface area contributed by atoms with E-state index in [0.717, 1.165) is 5.56 Å². The van der Waals surface area contributed by atoms with Gasteiger partial charge in [-0.25, -0.2) is 19.0 Å². The van der Waals surface area contributed by atoms with Crippen LogP contribution in [-0.2, 0) is 30.3 Å². The second-order valence-corrected chi connectivity index (χ2v) is 9.14. The van der Waals surface area contributed by atoms with Gasteiger partial charge in [-0.05, 0) is 36.8 Å². The summed E-state index contributed by atoms with van der Waals surface area (Å²) in [5.41, 5.74) is -0.0514. The van der Waals surface area contributed by atoms with Crippen LogP contribution in [0.5, 0.6) is 0 Å². The Bertz CT molecular complexity index is 1430. The molecule has 1 saturated heterocycles. The topological polar surface area (TPSA) is 142 Å². The van der Waals surface area contributed by atoms with Crippen LogP contribution in [-0.4, -0.2) is 58.6 Å². The van der Waals surface area contributed by atoms with E-state index in [2.05, 4.69) is 9.97 Å². The van der Waals surface area contributed by atoms with Crippen molar-refractivity contribution in [3.05, 3.63) is 92.6 Å². The molecule has 3 atom stereocenters. The molecule has 0 amide bonds. The van der Waals surface area contributed by atoms with Gasteiger partial charge in [0.25, 0.3) is 5.56 Å². The quantitative estimate of drug-likeness (QED) is 0.370. The number of esters is 1. The summed E-state index contributed by atoms with van der Waals surface area (Å²) in [5.74, 6) is -0.262. The lowest BCUT2D eigenvalue weighted by Gasteiger charge is -2.23. The molecule has 40 heavy (non-hydrogen) atoms. The Morgan fingerprint density at radius 3 is 2.65 bits per heavy atom. The first-order valence-electron chi connectivity index (χ1n) is 12.5. The van der Waals surface area contributed by atoms with Gasteiger partial charge in [-0.3, -0.25) is 19.1 Å². The van der Waals surface area contributed by atoms with Crippen molar-refractivity contribution in [2.45, 2.75) is 45.2 Å². The molecule has 12 nitrogen and oxygen atoms in total. The van der Waals surface area contributed by atoms with Gasteiger partial charge in [-0.2, -0.15) is 0 Å². The molecule has 4 rings (SSSR count). The second kappa shape index (κ2) is 13.0. The number of ether oxygens (including phenoxy) is 4. The number of aryl methyl sites for hydroxylation is 1. The zero-order valence-electron chi connectivity index (χ0n) is 21.9. The summed E-state index contributed by atoms with van der Waals surface area (Å²) in [4.78, 5) is 56.3. The first-order chi connectivity index (χ1) is 19.2. The molecule has 3 heterocycles. The molecule has 1 N–H and O–H groups in total. The van der Waals surface area contributed by atoms with E-state index in [0.29, 0.717) is 17.9 Å². The molecule has 0 spiro atoms. The molecular formula is C27H29FN4O8. The van der Waals surface area contributed by atoms with Gasteiger partial charge < -0.3 is 23.8 Å². The van der Waals surface area contributed by atoms with Crippen LogP contribution in [0.4, 0.5) is 15.0 Å². The molecule has 13 heteroatoms. The minimum Gasteiger partial charge on any atom is -0.459 e. The van der Waals surface area contributed by atoms with Crippen molar-refractivity contribution in [1.82, 2.24) is 14.5 Å². The van der Waals surface area contributed by atoms with Crippen LogP contribution in [0.15, 0.2) is 64.4 Å². The normalized spacial score (nSPS) is 18.2. The third kappa shape index (κ3) is 7.53. The summed E-state index contributed by atoms with van der Waals surface area (Å²) >= 11 is 0. The molecule has 0 radical (unpaired) electrons. The van der Waals surface area contributed by atoms with E-state index in [4.69, 9.17) is 18.9 Å². The maximum absolute atomic E-state index is 13.3. The Hall–Kier alpha value is -4.52. The minimum atomic E-state index is -0.964. The number of rotatable bonds is 10. The Morgan fingerprint density at radius 2 is 1.95 bits per heavy atom. The third-order valence-electron chi connectivity index (χ3n) is 6.16. The number of hydrogen-bond donors (Lipinski definition) is 1. The molecule has 0 bridgehead atoms. The second-order valence-electron chi connectivity index (χ2n) is 9.14. The van der Waals surface area contributed by atoms with Crippen molar-refractivity contribution in [1.29, 1.82) is 0 Å². The average Bonchev–Trinajstić information content (AvgIpc) is 3.32. The van der Waals surface area contributed by atoms with Crippen LogP contribution in [0.25, 0.3) is 0 Å². The number of halogens is 1. The number of hydrogen-bond acceptors (Lipinski definition) is 10. The number of nitrogens with zero attached hydrogens (tertiary/aromatic N) is 3. The van der Waals surface area contributed by atoms with Crippen molar-refractivity contribution in [2.24, 2.45) is 0 Å². The number of aromatic amines is 1. The molecule has 1 aliphatic rings. The van der Waals surface area contributed by atoms with E-state index in [-0.39, 0.29) is 32.0 Å². The van der Waals surface area contributed by atoms with Crippen LogP contribution >= 0.6 is 0 Å². The van der Waals surface area contributed by atoms with Crippen LogP contribution in [0.1, 0.15) is 30.7 Å². The highest BCUT2D eigenvalue weighted by molar-refractivity contribution is 5.66. The van der Waals surface area contributed by atoms with Crippen molar-refractivity contribution >= 4 is 17.9 Å². The molecule has 3 aromatic rings. The zero-order chi connectivity index (χ0) is 28.6. The standard InChI is InChI=1S/C27H29FN4O8/c1-17-14-32(26(35)30-25(17)34)24-13-21(39-18(2)33)22(40-24)16-38-27(36)37-12-11-31(23-5-3-4-10-29-23)15-19-6-8-20(28)9-7-19/h3-10,14,21-22,24H,11-13,15-16H2,1-2H3,(H,30,34,35)/t21-,22+,24+/m0/s1. The van der Waals surface area contributed by atoms with E-state index >= 15 is 0 Å². The zero-order valence-corrected chi connectivity index (χ0v) is 21.9. The van der Waals surface area contributed by atoms with E-state index in [1.54, 1.807) is 37.4 Å². The van der Waals surface area contributed by atoms with Gasteiger partial charge in [0.15, 0.2) is 0 Å². The lowest BCUT2D eigenvalue weighted by atomic mass is 10.2. The number of anilines is 1. The van der Waals surface area contributed by atoms with Gasteiger partial charge in [0.1, 0.15) is 43.3 Å². The summed E-state index contributed by atoms with van der Waals surface area (Å²) < 4.78 is 36.1. The number of aromatic nitrogens is 3. The fourth-order valence-electron chi connectivity index (χ4n) is 4.22. The largest absolute Gasteiger partial charge is 0.508 e. The summed E-state index contributed by atoms with van der Waals surface area (Å²) in [6.07, 6.45) is -0.388. The van der Waals surface area contributed by atoms with Crippen LogP contribution in [0.2, 0.25) is 0 Å². The number of carbonyl (C=O) groups excluding carboxylic acids is 2. The molecule has 1 aliphatic heterocycles. The molecule has 1 fully saturated rings. The summed E-state index contributed by atoms with van der Waals surface area (Å²) in [5, 5.41) is 0. The Morgan fingerprint density at radius 1 is 1.18 bits per heavy atom. The molecule has 2 aromatic heterocycles. The number of carbonyl (C=O) groups is 2. The fourth-order valence-corrected chi connectivity index (χ4v) is 4.22. The van der Waals surface area contributed by atoms with Crippen molar-refractivity contribution in [3.63, 3.8) is 0 Å². The molecule has 212 valence electrons. The molecular weight excluding hydrogens is 527 g/mol. The predicted octanol–water partition coefficient (Wildman–Crippen LogP) is 2.46. The Balaban J connectivity index is 1.33. The maximum Gasteiger partial charge on any atom is 0.508 e. The van der Waals surface area contributed by atoms with Crippen molar-refractivity contribution in [2.75, 3.05) is 24.7 Å². The molecule has 0 unspecified atom stereocenters. The number of nitrogens with one attached hydrogen (secondary N) is 1. The number of H-pyrrole nitrogens is 1. The molecule has 0 aliphatic carbocycles. The highest BCUT2D eigenvalue weighted by Gasteiger charge is 2.40. The van der Waals surface area contributed by atoms with E-state index in [1.807, 2.05) is 11.0 Å². The summed E-state index contributed by atoms with van der Waals surface area (Å²) in [6, 6.07) is 11.5. The van der Waals surface area contributed by atoms with Crippen molar-refractivity contribution in [3.8, 4) is 0 Å². The van der Waals surface area contributed by atoms with Gasteiger partial charge in [-0.1, -0.05) is 18.2 Å². The van der Waals surface area contributed by atoms with E-state index in [9.17, 15) is 23.6 Å². The fraction of sp³-hybridized carbons (Fsp3) is 0.370. The first kappa shape index (κ1) is 28.5. The van der Waals surface area contributed by atoms with Gasteiger partial charge >= 0.3 is 17.8 Å². The lowest BCUT2D eigenvalue weighted by molar-refractivity contribution is -0.150. The molecule has 1 aromatic carbocycles. The van der Waals surface area contributed by atoms with E-state index < -0.39 is 41.8 Å². The summed E-state index contributed by atoms with van der Waals surface area (Å²) in [6.45, 7) is 3.11. The third-order valence-corrected chi connectivity index (χ3v) is 6.16. The minimum absolute atomic E-state index is 0.0375. The van der Waals surface area contributed by atoms with Crippen LogP contribution in [0.3, 0.4) is 0 Å². The maximum atomic E-state index is 13.3. The van der Waals surface area contributed by atoms with Gasteiger partial charge in [-0.15, -0.1) is 0 Å². The monoisotopic (exact) mass is 556 g/mol. The number of pyridine rings is 1. The Kier molecular flexibility index (Phi) is 9.27. The van der Waals surface area contributed by atoms with Crippen LogP contribution in [0, 0.1) is 12.7 Å². The van der Waals surface area contributed by atoms with Crippen molar-refractivity contribution < 1.29 is 32.9 Å². The van der Waals surface area contributed by atoms with Crippen LogP contribution < -0.4 is 16.1 Å². The van der Waals surface area contributed by atoms with Gasteiger partial charge in [0.05, 0.1) is 6.54 Å². The SMILES string of the molecule is CC(=O)O[C@H]1C[C@H](n2cc(C)c(=O)[nH]c2=O)O[C@@H]1COC(=O)OCCN(Cc1ccc(F)cc1)c1ccccn1. The predicted molar refractivity (Wildman–Crippen MR) is 139 cm³/mol. The average molecular weight is 557 g/mol. The highest BCUT2D eigenvalue weighted by Crippen LogP contribution is 2.30. The number of benzene rings is 1. The van der Waals surface area contributed by atoms with Gasteiger partial charge in [0, 0.05) is 37.8 Å². The lowest BCUT2D eigenvalue weighted by Crippen LogP contribution is -2.34. The summed E-state index contributed by atoms with van der Waals surface area (Å²) in [7, 11) is 0. The Labute approximate surface area is 228 Å². The highest BCUT2D eigenvalue weighted by atomic mass is 19.1. The molecule has 0 saturated carbocycles. The van der Waals surface area contributed by atoms with Gasteiger partial charge in [0.2, 0.25) is 0 Å².